The average Bonchev–Trinajstić information content (AvgIpc) is 0.778. The molecule has 13 heteroatoms. The number of carbonyl (C=O) groups is 1. The van der Waals surface area contributed by atoms with Gasteiger partial charge in [-0.25, -0.2) is 59.8 Å². The summed E-state index contributed by atoms with van der Waals surface area (Å²) in [7, 11) is 0. The lowest BCUT2D eigenvalue weighted by molar-refractivity contribution is 0.104. The Labute approximate surface area is 564 Å². The van der Waals surface area contributed by atoms with Crippen molar-refractivity contribution in [3.05, 3.63) is 339 Å². The number of rotatable bonds is 16. The molecule has 0 atom stereocenters. The molecule has 0 unspecified atom stereocenters. The Hall–Kier alpha value is -13.7. The summed E-state index contributed by atoms with van der Waals surface area (Å²) in [6, 6.07) is 106. The molecule has 0 amide bonds. The second kappa shape index (κ2) is 26.8. The van der Waals surface area contributed by atoms with E-state index in [1.807, 2.05) is 328 Å². The highest BCUT2D eigenvalue weighted by Gasteiger charge is 2.25. The van der Waals surface area contributed by atoms with Crippen molar-refractivity contribution in [2.75, 3.05) is 0 Å². The Morgan fingerprint density at radius 1 is 0.153 bits per heavy atom. The minimum atomic E-state index is -0.235. The first-order chi connectivity index (χ1) is 48.4. The molecule has 98 heavy (non-hydrogen) atoms. The third-order valence-corrected chi connectivity index (χ3v) is 16.7. The molecule has 4 heterocycles. The first-order valence-electron chi connectivity index (χ1n) is 32.0. The van der Waals surface area contributed by atoms with Crippen LogP contribution >= 0.6 is 0 Å². The fourth-order valence-electron chi connectivity index (χ4n) is 11.8. The van der Waals surface area contributed by atoms with E-state index in [-0.39, 0.29) is 5.78 Å². The first-order valence-corrected chi connectivity index (χ1v) is 32.0. The summed E-state index contributed by atoms with van der Waals surface area (Å²) >= 11 is 0. The lowest BCUT2D eigenvalue weighted by Crippen LogP contribution is -2.07. The standard InChI is InChI=1S/C85H54N12O/c98-73(71-47-27-25-45-69(71)63-49-65(82-90-74(55-29-9-1-10-30-55)86-75(91-82)56-31-11-2-12-32-56)53-66(50-63)83-92-76(57-33-13-3-14-34-57)87-77(93-83)58-35-15-4-16-36-58)72-48-28-26-46-70(72)64-51-67(84-94-78(59-37-17-5-18-38-59)88-79(95-84)60-39-19-6-20-40-60)54-68(52-64)85-96-80(61-41-21-7-22-42-61)89-81(97-85)62-43-23-8-24-44-62/h1-54H. The summed E-state index contributed by atoms with van der Waals surface area (Å²) in [6.45, 7) is 0. The van der Waals surface area contributed by atoms with Gasteiger partial charge in [-0.2, -0.15) is 0 Å². The Morgan fingerprint density at radius 2 is 0.296 bits per heavy atom. The highest BCUT2D eigenvalue weighted by molar-refractivity contribution is 6.16. The molecule has 13 nitrogen and oxygen atoms in total. The number of carbonyl (C=O) groups excluding carboxylic acids is 1. The van der Waals surface area contributed by atoms with Crippen molar-refractivity contribution in [3.8, 4) is 159 Å². The fourth-order valence-corrected chi connectivity index (χ4v) is 11.8. The molecule has 0 spiro atoms. The van der Waals surface area contributed by atoms with Gasteiger partial charge in [0, 0.05) is 77.9 Å². The van der Waals surface area contributed by atoms with Crippen molar-refractivity contribution in [2.45, 2.75) is 0 Å². The van der Waals surface area contributed by atoms with Crippen LogP contribution in [0, 0.1) is 0 Å². The van der Waals surface area contributed by atoms with Gasteiger partial charge in [-0.3, -0.25) is 4.79 Å². The van der Waals surface area contributed by atoms with Gasteiger partial charge < -0.3 is 0 Å². The van der Waals surface area contributed by atoms with Crippen LogP contribution in [-0.4, -0.2) is 65.6 Å². The van der Waals surface area contributed by atoms with E-state index in [0.29, 0.717) is 126 Å². The summed E-state index contributed by atoms with van der Waals surface area (Å²) in [5.41, 5.74) is 12.6. The molecule has 0 fully saturated rings. The Balaban J connectivity index is 0.894. The number of benzene rings is 12. The van der Waals surface area contributed by atoms with Crippen LogP contribution in [0.25, 0.3) is 159 Å². The molecule has 0 aliphatic rings. The van der Waals surface area contributed by atoms with Gasteiger partial charge in [0.15, 0.2) is 75.7 Å². The molecule has 4 aromatic heterocycles. The zero-order chi connectivity index (χ0) is 65.6. The minimum Gasteiger partial charge on any atom is -0.289 e. The number of hydrogen-bond acceptors (Lipinski definition) is 13. The molecule has 0 saturated heterocycles. The predicted molar refractivity (Wildman–Crippen MR) is 386 cm³/mol. The molecule has 0 aliphatic heterocycles. The van der Waals surface area contributed by atoms with Gasteiger partial charge in [0.25, 0.3) is 0 Å². The van der Waals surface area contributed by atoms with Gasteiger partial charge in [-0.15, -0.1) is 0 Å². The van der Waals surface area contributed by atoms with Crippen LogP contribution in [0.15, 0.2) is 328 Å². The van der Waals surface area contributed by atoms with E-state index in [2.05, 4.69) is 0 Å². The van der Waals surface area contributed by atoms with Gasteiger partial charge in [0.2, 0.25) is 0 Å². The lowest BCUT2D eigenvalue weighted by atomic mass is 9.88. The Morgan fingerprint density at radius 3 is 0.480 bits per heavy atom. The zero-order valence-electron chi connectivity index (χ0n) is 52.5. The normalized spacial score (nSPS) is 11.1. The van der Waals surface area contributed by atoms with Gasteiger partial charge in [0.1, 0.15) is 0 Å². The zero-order valence-corrected chi connectivity index (χ0v) is 52.5. The van der Waals surface area contributed by atoms with Crippen molar-refractivity contribution < 1.29 is 4.79 Å². The SMILES string of the molecule is O=C(c1ccccc1-c1cc(-c2nc(-c3ccccc3)nc(-c3ccccc3)n2)cc(-c2nc(-c3ccccc3)nc(-c3ccccc3)n2)c1)c1ccccc1-c1cc(-c2nc(-c3ccccc3)nc(-c3ccccc3)n2)cc(-c2nc(-c3ccccc3)nc(-c3ccccc3)n2)c1. The van der Waals surface area contributed by atoms with Gasteiger partial charge in [-0.1, -0.05) is 291 Å². The van der Waals surface area contributed by atoms with Gasteiger partial charge >= 0.3 is 0 Å². The average molecular weight is 1260 g/mol. The molecule has 0 N–H and O–H groups in total. The fraction of sp³-hybridized carbons (Fsp3) is 0. The van der Waals surface area contributed by atoms with Crippen LogP contribution in [0.1, 0.15) is 15.9 Å². The van der Waals surface area contributed by atoms with Crippen molar-refractivity contribution in [2.24, 2.45) is 0 Å². The maximum absolute atomic E-state index is 16.3. The second-order valence-electron chi connectivity index (χ2n) is 23.2. The van der Waals surface area contributed by atoms with E-state index in [1.54, 1.807) is 0 Å². The predicted octanol–water partition coefficient (Wildman–Crippen LogP) is 19.0. The van der Waals surface area contributed by atoms with E-state index >= 15 is 4.79 Å². The van der Waals surface area contributed by atoms with Gasteiger partial charge in [-0.05, 0) is 58.7 Å². The molecule has 12 aromatic carbocycles. The van der Waals surface area contributed by atoms with Crippen LogP contribution in [0.2, 0.25) is 0 Å². The topological polar surface area (TPSA) is 172 Å². The quantitative estimate of drug-likeness (QED) is 0.0838. The summed E-state index contributed by atoms with van der Waals surface area (Å²) < 4.78 is 0. The molecular weight excluding hydrogens is 1210 g/mol. The van der Waals surface area contributed by atoms with Crippen LogP contribution < -0.4 is 0 Å². The van der Waals surface area contributed by atoms with E-state index in [9.17, 15) is 0 Å². The summed E-state index contributed by atoms with van der Waals surface area (Å²) in [5, 5.41) is 0. The van der Waals surface area contributed by atoms with E-state index in [1.165, 1.54) is 0 Å². The molecule has 0 radical (unpaired) electrons. The summed E-state index contributed by atoms with van der Waals surface area (Å²) in [5.74, 6) is 5.32. The highest BCUT2D eigenvalue weighted by Crippen LogP contribution is 2.40. The van der Waals surface area contributed by atoms with E-state index in [0.717, 1.165) is 44.5 Å². The smallest absolute Gasteiger partial charge is 0.194 e. The number of aromatic nitrogens is 12. The second-order valence-corrected chi connectivity index (χ2v) is 23.2. The van der Waals surface area contributed by atoms with Crippen LogP contribution in [0.4, 0.5) is 0 Å². The van der Waals surface area contributed by atoms with E-state index < -0.39 is 0 Å². The maximum Gasteiger partial charge on any atom is 0.194 e. The molecule has 0 aliphatic carbocycles. The van der Waals surface area contributed by atoms with Crippen molar-refractivity contribution in [3.63, 3.8) is 0 Å². The van der Waals surface area contributed by atoms with Crippen LogP contribution in [-0.2, 0) is 0 Å². The molecular formula is C85H54N12O. The first kappa shape index (κ1) is 59.4. The molecule has 16 aromatic rings. The summed E-state index contributed by atoms with van der Waals surface area (Å²) in [4.78, 5) is 78.3. The van der Waals surface area contributed by atoms with E-state index in [4.69, 9.17) is 59.8 Å². The Bertz CT molecular complexity index is 4700. The van der Waals surface area contributed by atoms with Crippen molar-refractivity contribution in [1.29, 1.82) is 0 Å². The largest absolute Gasteiger partial charge is 0.289 e. The van der Waals surface area contributed by atoms with Gasteiger partial charge in [0.05, 0.1) is 0 Å². The molecule has 0 saturated carbocycles. The monoisotopic (exact) mass is 1260 g/mol. The van der Waals surface area contributed by atoms with Crippen LogP contribution in [0.3, 0.4) is 0 Å². The van der Waals surface area contributed by atoms with Crippen LogP contribution in [0.5, 0.6) is 0 Å². The Kier molecular flexibility index (Phi) is 16.2. The third kappa shape index (κ3) is 12.6. The number of hydrogen-bond donors (Lipinski definition) is 0. The number of ketones is 1. The van der Waals surface area contributed by atoms with Crippen molar-refractivity contribution in [1.82, 2.24) is 59.8 Å². The minimum absolute atomic E-state index is 0.235. The highest BCUT2D eigenvalue weighted by atomic mass is 16.1. The maximum atomic E-state index is 16.3. The lowest BCUT2D eigenvalue weighted by Gasteiger charge is -2.16. The molecule has 460 valence electrons. The summed E-state index contributed by atoms with van der Waals surface area (Å²) in [6.07, 6.45) is 0. The van der Waals surface area contributed by atoms with Crippen molar-refractivity contribution >= 4 is 5.78 Å². The number of nitrogens with zero attached hydrogens (tertiary/aromatic N) is 12. The third-order valence-electron chi connectivity index (χ3n) is 16.7. The molecule has 0 bridgehead atoms. The molecule has 16 rings (SSSR count).